The van der Waals surface area contributed by atoms with Gasteiger partial charge in [0.1, 0.15) is 23.3 Å². The van der Waals surface area contributed by atoms with E-state index in [2.05, 4.69) is 31.7 Å². The zero-order valence-electron chi connectivity index (χ0n) is 18.3. The van der Waals surface area contributed by atoms with Crippen molar-refractivity contribution >= 4 is 38.5 Å². The van der Waals surface area contributed by atoms with Gasteiger partial charge in [0.15, 0.2) is 15.5 Å². The number of fused-ring (bicyclic) bond motifs is 1. The van der Waals surface area contributed by atoms with Gasteiger partial charge in [-0.2, -0.15) is 14.9 Å². The Bertz CT molecular complexity index is 1360. The first-order chi connectivity index (χ1) is 15.8. The average molecular weight is 467 g/mol. The highest BCUT2D eigenvalue weighted by atomic mass is 32.2. The molecular weight excluding hydrogens is 440 g/mol. The standard InChI is InChI=1S/C22H26N8O2S/c1-33(31,32)13-14-8-18(4-5-19(14)29-7-6-16(24)12-29)26-20-9-21(27-17-2-3-17)30-22(28-20)15(10-23)11-25-30/h4-5,8-9,11,16-17,27H,2-3,6-7,12-13,24H2,1H3,(H,26,28)/t16-/m1/s1. The quantitative estimate of drug-likeness (QED) is 0.476. The minimum atomic E-state index is -3.23. The van der Waals surface area contributed by atoms with Crippen LogP contribution in [0.2, 0.25) is 0 Å². The Morgan fingerprint density at radius 2 is 2.09 bits per heavy atom. The number of anilines is 4. The van der Waals surface area contributed by atoms with Crippen LogP contribution in [-0.2, 0) is 15.6 Å². The van der Waals surface area contributed by atoms with Gasteiger partial charge >= 0.3 is 0 Å². The molecule has 3 heterocycles. The van der Waals surface area contributed by atoms with E-state index in [-0.39, 0.29) is 11.8 Å². The van der Waals surface area contributed by atoms with Crippen LogP contribution in [0.3, 0.4) is 0 Å². The van der Waals surface area contributed by atoms with Crippen molar-refractivity contribution in [1.29, 1.82) is 5.26 Å². The molecule has 3 aromatic rings. The first-order valence-corrected chi connectivity index (χ1v) is 13.0. The Balaban J connectivity index is 1.50. The van der Waals surface area contributed by atoms with Crippen molar-refractivity contribution in [3.63, 3.8) is 0 Å². The summed E-state index contributed by atoms with van der Waals surface area (Å²) in [6.45, 7) is 1.51. The summed E-state index contributed by atoms with van der Waals surface area (Å²) in [4.78, 5) is 6.73. The van der Waals surface area contributed by atoms with Crippen molar-refractivity contribution in [2.24, 2.45) is 5.73 Å². The van der Waals surface area contributed by atoms with Crippen molar-refractivity contribution in [2.45, 2.75) is 37.1 Å². The number of nitrogens with zero attached hydrogens (tertiary/aromatic N) is 5. The summed E-state index contributed by atoms with van der Waals surface area (Å²) in [5.41, 5.74) is 9.24. The third kappa shape index (κ3) is 4.72. The van der Waals surface area contributed by atoms with Crippen molar-refractivity contribution < 1.29 is 8.42 Å². The molecule has 0 spiro atoms. The molecule has 0 bridgehead atoms. The first-order valence-electron chi connectivity index (χ1n) is 10.9. The number of nitriles is 1. The SMILES string of the molecule is CS(=O)(=O)Cc1cc(Nc2cc(NC3CC3)n3ncc(C#N)c3n2)ccc1N1CC[C@@H](N)C1. The third-order valence-corrected chi connectivity index (χ3v) is 6.69. The summed E-state index contributed by atoms with van der Waals surface area (Å²) < 4.78 is 25.9. The normalized spacial score (nSPS) is 18.5. The molecule has 0 amide bonds. The Labute approximate surface area is 192 Å². The Morgan fingerprint density at radius 3 is 2.76 bits per heavy atom. The number of nitrogens with one attached hydrogen (secondary N) is 2. The maximum atomic E-state index is 12.1. The van der Waals surface area contributed by atoms with Gasteiger partial charge < -0.3 is 21.3 Å². The Kier molecular flexibility index (Phi) is 5.34. The second-order valence-corrected chi connectivity index (χ2v) is 11.0. The van der Waals surface area contributed by atoms with Crippen LogP contribution in [-0.4, -0.2) is 54.4 Å². The molecule has 0 unspecified atom stereocenters. The molecule has 5 rings (SSSR count). The summed E-state index contributed by atoms with van der Waals surface area (Å²) in [6, 6.07) is 10.2. The molecule has 33 heavy (non-hydrogen) atoms. The minimum Gasteiger partial charge on any atom is -0.370 e. The van der Waals surface area contributed by atoms with E-state index in [0.717, 1.165) is 42.9 Å². The molecule has 172 valence electrons. The zero-order chi connectivity index (χ0) is 23.2. The lowest BCUT2D eigenvalue weighted by Gasteiger charge is -2.22. The van der Waals surface area contributed by atoms with Gasteiger partial charge in [0.2, 0.25) is 0 Å². The predicted molar refractivity (Wildman–Crippen MR) is 127 cm³/mol. The highest BCUT2D eigenvalue weighted by molar-refractivity contribution is 7.89. The molecule has 1 aromatic carbocycles. The van der Waals surface area contributed by atoms with E-state index in [1.54, 1.807) is 4.52 Å². The maximum Gasteiger partial charge on any atom is 0.177 e. The van der Waals surface area contributed by atoms with Crippen LogP contribution in [0.25, 0.3) is 5.65 Å². The Hall–Kier alpha value is -3.36. The lowest BCUT2D eigenvalue weighted by molar-refractivity contribution is 0.601. The number of benzene rings is 1. The second kappa shape index (κ2) is 8.20. The third-order valence-electron chi connectivity index (χ3n) is 5.86. The monoisotopic (exact) mass is 466 g/mol. The smallest absolute Gasteiger partial charge is 0.177 e. The van der Waals surface area contributed by atoms with Gasteiger partial charge in [-0.3, -0.25) is 0 Å². The van der Waals surface area contributed by atoms with Crippen LogP contribution in [0.15, 0.2) is 30.5 Å². The summed E-state index contributed by atoms with van der Waals surface area (Å²) in [5.74, 6) is 1.24. The molecule has 1 aliphatic carbocycles. The van der Waals surface area contributed by atoms with Crippen LogP contribution in [0.5, 0.6) is 0 Å². The average Bonchev–Trinajstić information content (AvgIpc) is 3.29. The van der Waals surface area contributed by atoms with Crippen molar-refractivity contribution in [1.82, 2.24) is 14.6 Å². The van der Waals surface area contributed by atoms with Gasteiger partial charge in [-0.25, -0.2) is 13.4 Å². The van der Waals surface area contributed by atoms with Gasteiger partial charge in [-0.15, -0.1) is 0 Å². The molecule has 2 aromatic heterocycles. The van der Waals surface area contributed by atoms with E-state index in [9.17, 15) is 13.7 Å². The molecule has 11 heteroatoms. The highest BCUT2D eigenvalue weighted by Gasteiger charge is 2.24. The van der Waals surface area contributed by atoms with E-state index in [4.69, 9.17) is 5.73 Å². The van der Waals surface area contributed by atoms with E-state index in [1.165, 1.54) is 12.5 Å². The van der Waals surface area contributed by atoms with Crippen molar-refractivity contribution in [3.8, 4) is 6.07 Å². The van der Waals surface area contributed by atoms with Crippen LogP contribution in [0, 0.1) is 11.3 Å². The van der Waals surface area contributed by atoms with E-state index in [0.29, 0.717) is 35.3 Å². The molecule has 1 aliphatic heterocycles. The lowest BCUT2D eigenvalue weighted by Crippen LogP contribution is -2.27. The molecule has 1 atom stereocenters. The summed E-state index contributed by atoms with van der Waals surface area (Å²) >= 11 is 0. The lowest BCUT2D eigenvalue weighted by atomic mass is 10.1. The molecule has 1 saturated carbocycles. The molecule has 2 aliphatic rings. The molecular formula is C22H26N8O2S. The largest absolute Gasteiger partial charge is 0.370 e. The van der Waals surface area contributed by atoms with Crippen LogP contribution >= 0.6 is 0 Å². The zero-order valence-corrected chi connectivity index (χ0v) is 19.1. The predicted octanol–water partition coefficient (Wildman–Crippen LogP) is 2.00. The van der Waals surface area contributed by atoms with Crippen molar-refractivity contribution in [2.75, 3.05) is 34.9 Å². The number of nitrogens with two attached hydrogens (primary N) is 1. The van der Waals surface area contributed by atoms with E-state index < -0.39 is 9.84 Å². The number of rotatable bonds is 7. The Morgan fingerprint density at radius 1 is 1.27 bits per heavy atom. The van der Waals surface area contributed by atoms with E-state index >= 15 is 0 Å². The van der Waals surface area contributed by atoms with Gasteiger partial charge in [0, 0.05) is 48.9 Å². The molecule has 2 fully saturated rings. The van der Waals surface area contributed by atoms with Crippen molar-refractivity contribution in [3.05, 3.63) is 41.6 Å². The van der Waals surface area contributed by atoms with Gasteiger partial charge in [0.25, 0.3) is 0 Å². The number of hydrogen-bond acceptors (Lipinski definition) is 9. The summed E-state index contributed by atoms with van der Waals surface area (Å²) in [6.07, 6.45) is 5.81. The maximum absolute atomic E-state index is 12.1. The van der Waals surface area contributed by atoms with Crippen LogP contribution in [0.1, 0.15) is 30.4 Å². The molecule has 0 radical (unpaired) electrons. The van der Waals surface area contributed by atoms with Crippen LogP contribution < -0.4 is 21.3 Å². The van der Waals surface area contributed by atoms with Gasteiger partial charge in [-0.1, -0.05) is 0 Å². The fourth-order valence-electron chi connectivity index (χ4n) is 4.17. The first kappa shape index (κ1) is 21.5. The minimum absolute atomic E-state index is 0.0637. The topological polar surface area (TPSA) is 141 Å². The number of sulfone groups is 1. The van der Waals surface area contributed by atoms with E-state index in [1.807, 2.05) is 24.3 Å². The fourth-order valence-corrected chi connectivity index (χ4v) is 4.97. The second-order valence-electron chi connectivity index (χ2n) is 8.88. The fraction of sp³-hybridized carbons (Fsp3) is 0.409. The highest BCUT2D eigenvalue weighted by Crippen LogP contribution is 2.31. The van der Waals surface area contributed by atoms with Crippen LogP contribution in [0.4, 0.5) is 23.0 Å². The van der Waals surface area contributed by atoms with Gasteiger partial charge in [-0.05, 0) is 43.0 Å². The van der Waals surface area contributed by atoms with Gasteiger partial charge in [0.05, 0.1) is 11.9 Å². The molecule has 10 nitrogen and oxygen atoms in total. The molecule has 4 N–H and O–H groups in total. The number of hydrogen-bond donors (Lipinski definition) is 3. The number of aromatic nitrogens is 3. The summed E-state index contributed by atoms with van der Waals surface area (Å²) in [5, 5.41) is 20.4. The summed E-state index contributed by atoms with van der Waals surface area (Å²) in [7, 11) is -3.23. The molecule has 1 saturated heterocycles.